The highest BCUT2D eigenvalue weighted by Crippen LogP contribution is 2.33. The van der Waals surface area contributed by atoms with Gasteiger partial charge in [0, 0.05) is 36.7 Å². The molecule has 1 saturated carbocycles. The SMILES string of the molecule is OC1(CN2CCC(Oc3cccc4[nH]ccc34)CC2)CCC1. The van der Waals surface area contributed by atoms with E-state index in [1.165, 1.54) is 6.42 Å². The molecule has 2 aromatic rings. The number of hydrogen-bond acceptors (Lipinski definition) is 3. The van der Waals surface area contributed by atoms with Crippen LogP contribution in [0.4, 0.5) is 0 Å². The van der Waals surface area contributed by atoms with Crippen LogP contribution in [0, 0.1) is 0 Å². The Bertz CT molecular complexity index is 639. The van der Waals surface area contributed by atoms with Crippen molar-refractivity contribution in [2.45, 2.75) is 43.8 Å². The Morgan fingerprint density at radius 1 is 1.23 bits per heavy atom. The molecule has 1 aromatic carbocycles. The lowest BCUT2D eigenvalue weighted by atomic mass is 9.79. The number of likely N-dealkylation sites (tertiary alicyclic amines) is 1. The summed E-state index contributed by atoms with van der Waals surface area (Å²) in [5.41, 5.74) is 0.729. The van der Waals surface area contributed by atoms with E-state index >= 15 is 0 Å². The predicted octanol–water partition coefficient (Wildman–Crippen LogP) is 2.93. The molecule has 2 heterocycles. The number of aliphatic hydroxyl groups is 1. The zero-order valence-electron chi connectivity index (χ0n) is 12.9. The molecule has 22 heavy (non-hydrogen) atoms. The third-order valence-electron chi connectivity index (χ3n) is 5.19. The number of hydrogen-bond donors (Lipinski definition) is 2. The maximum absolute atomic E-state index is 10.3. The van der Waals surface area contributed by atoms with Crippen LogP contribution in [-0.4, -0.2) is 46.3 Å². The third-order valence-corrected chi connectivity index (χ3v) is 5.19. The molecule has 0 bridgehead atoms. The molecule has 1 saturated heterocycles. The second kappa shape index (κ2) is 5.60. The summed E-state index contributed by atoms with van der Waals surface area (Å²) in [4.78, 5) is 5.63. The highest BCUT2D eigenvalue weighted by atomic mass is 16.5. The van der Waals surface area contributed by atoms with Crippen molar-refractivity contribution in [3.05, 3.63) is 30.5 Å². The Morgan fingerprint density at radius 3 is 2.77 bits per heavy atom. The molecule has 4 heteroatoms. The number of benzene rings is 1. The van der Waals surface area contributed by atoms with E-state index in [0.29, 0.717) is 0 Å². The van der Waals surface area contributed by atoms with Crippen LogP contribution < -0.4 is 4.74 Å². The Morgan fingerprint density at radius 2 is 2.05 bits per heavy atom. The van der Waals surface area contributed by atoms with E-state index in [9.17, 15) is 5.11 Å². The van der Waals surface area contributed by atoms with Crippen LogP contribution in [0.25, 0.3) is 10.9 Å². The first-order valence-corrected chi connectivity index (χ1v) is 8.39. The highest BCUT2D eigenvalue weighted by molar-refractivity contribution is 5.85. The van der Waals surface area contributed by atoms with E-state index in [2.05, 4.69) is 28.1 Å². The number of fused-ring (bicyclic) bond motifs is 1. The summed E-state index contributed by atoms with van der Waals surface area (Å²) in [6, 6.07) is 8.24. The third kappa shape index (κ3) is 2.73. The van der Waals surface area contributed by atoms with Gasteiger partial charge in [-0.3, -0.25) is 0 Å². The van der Waals surface area contributed by atoms with E-state index in [0.717, 1.165) is 62.0 Å². The molecule has 1 aliphatic heterocycles. The second-order valence-electron chi connectivity index (χ2n) is 6.87. The lowest BCUT2D eigenvalue weighted by molar-refractivity contribution is -0.0661. The lowest BCUT2D eigenvalue weighted by Gasteiger charge is -2.42. The first-order chi connectivity index (χ1) is 10.7. The van der Waals surface area contributed by atoms with Gasteiger partial charge in [-0.1, -0.05) is 6.07 Å². The van der Waals surface area contributed by atoms with Crippen LogP contribution in [0.15, 0.2) is 30.5 Å². The molecule has 0 amide bonds. The normalized spacial score (nSPS) is 22.6. The first kappa shape index (κ1) is 14.1. The molecular formula is C18H24N2O2. The maximum atomic E-state index is 10.3. The molecule has 2 fully saturated rings. The van der Waals surface area contributed by atoms with Gasteiger partial charge in [0.1, 0.15) is 11.9 Å². The van der Waals surface area contributed by atoms with Crippen LogP contribution in [-0.2, 0) is 0 Å². The van der Waals surface area contributed by atoms with Gasteiger partial charge in [0.15, 0.2) is 0 Å². The number of piperidine rings is 1. The first-order valence-electron chi connectivity index (χ1n) is 8.39. The average Bonchev–Trinajstić information content (AvgIpc) is 2.97. The Kier molecular flexibility index (Phi) is 3.59. The van der Waals surface area contributed by atoms with Gasteiger partial charge >= 0.3 is 0 Å². The van der Waals surface area contributed by atoms with Crippen molar-refractivity contribution < 1.29 is 9.84 Å². The molecule has 0 spiro atoms. The summed E-state index contributed by atoms with van der Waals surface area (Å²) < 4.78 is 6.24. The van der Waals surface area contributed by atoms with Crippen molar-refractivity contribution in [3.63, 3.8) is 0 Å². The van der Waals surface area contributed by atoms with Gasteiger partial charge in [-0.2, -0.15) is 0 Å². The molecule has 1 aromatic heterocycles. The van der Waals surface area contributed by atoms with Crippen molar-refractivity contribution in [1.29, 1.82) is 0 Å². The lowest BCUT2D eigenvalue weighted by Crippen LogP contribution is -2.50. The van der Waals surface area contributed by atoms with Gasteiger partial charge in [-0.25, -0.2) is 0 Å². The molecule has 0 unspecified atom stereocenters. The topological polar surface area (TPSA) is 48.5 Å². The van der Waals surface area contributed by atoms with Gasteiger partial charge < -0.3 is 19.7 Å². The Hall–Kier alpha value is -1.52. The Balaban J connectivity index is 1.35. The maximum Gasteiger partial charge on any atom is 0.129 e. The molecule has 0 radical (unpaired) electrons. The van der Waals surface area contributed by atoms with Crippen LogP contribution in [0.5, 0.6) is 5.75 Å². The van der Waals surface area contributed by atoms with Crippen molar-refractivity contribution in [1.82, 2.24) is 9.88 Å². The number of nitrogens with one attached hydrogen (secondary N) is 1. The zero-order valence-corrected chi connectivity index (χ0v) is 12.9. The second-order valence-corrected chi connectivity index (χ2v) is 6.87. The van der Waals surface area contributed by atoms with Crippen molar-refractivity contribution in [3.8, 4) is 5.75 Å². The van der Waals surface area contributed by atoms with Crippen molar-refractivity contribution in [2.24, 2.45) is 0 Å². The summed E-state index contributed by atoms with van der Waals surface area (Å²) in [6.45, 7) is 2.89. The largest absolute Gasteiger partial charge is 0.490 e. The van der Waals surface area contributed by atoms with E-state index in [-0.39, 0.29) is 6.10 Å². The summed E-state index contributed by atoms with van der Waals surface area (Å²) in [6.07, 6.45) is 7.44. The predicted molar refractivity (Wildman–Crippen MR) is 87.2 cm³/mol. The van der Waals surface area contributed by atoms with Crippen LogP contribution >= 0.6 is 0 Å². The molecule has 4 rings (SSSR count). The van der Waals surface area contributed by atoms with E-state index in [1.54, 1.807) is 0 Å². The standard InChI is InChI=1S/C18H24N2O2/c21-18(8-2-9-18)13-20-11-6-14(7-12-20)22-17-4-1-3-16-15(17)5-10-19-16/h1,3-5,10,14,19,21H,2,6-9,11-13H2. The van der Waals surface area contributed by atoms with Gasteiger partial charge in [0.25, 0.3) is 0 Å². The number of nitrogens with zero attached hydrogens (tertiary/aromatic N) is 1. The fraction of sp³-hybridized carbons (Fsp3) is 0.556. The number of aromatic amines is 1. The molecule has 0 atom stereocenters. The number of ether oxygens (including phenoxy) is 1. The van der Waals surface area contributed by atoms with E-state index in [4.69, 9.17) is 4.74 Å². The summed E-state index contributed by atoms with van der Waals surface area (Å²) in [5, 5.41) is 11.4. The molecule has 1 aliphatic carbocycles. The average molecular weight is 300 g/mol. The van der Waals surface area contributed by atoms with Gasteiger partial charge in [0.05, 0.1) is 5.60 Å². The van der Waals surface area contributed by atoms with Gasteiger partial charge in [0.2, 0.25) is 0 Å². The summed E-state index contributed by atoms with van der Waals surface area (Å²) in [7, 11) is 0. The Labute approximate surface area is 131 Å². The molecule has 4 nitrogen and oxygen atoms in total. The van der Waals surface area contributed by atoms with Crippen LogP contribution in [0.3, 0.4) is 0 Å². The fourth-order valence-electron chi connectivity index (χ4n) is 3.68. The molecule has 118 valence electrons. The monoisotopic (exact) mass is 300 g/mol. The minimum Gasteiger partial charge on any atom is -0.490 e. The molecule has 2 aliphatic rings. The zero-order chi connectivity index (χ0) is 15.0. The van der Waals surface area contributed by atoms with Crippen LogP contribution in [0.1, 0.15) is 32.1 Å². The quantitative estimate of drug-likeness (QED) is 0.913. The van der Waals surface area contributed by atoms with Crippen LogP contribution in [0.2, 0.25) is 0 Å². The summed E-state index contributed by atoms with van der Waals surface area (Å²) in [5.74, 6) is 0.981. The van der Waals surface area contributed by atoms with Crippen molar-refractivity contribution in [2.75, 3.05) is 19.6 Å². The molecular weight excluding hydrogens is 276 g/mol. The number of aromatic nitrogens is 1. The summed E-state index contributed by atoms with van der Waals surface area (Å²) >= 11 is 0. The van der Waals surface area contributed by atoms with Gasteiger partial charge in [-0.05, 0) is 50.3 Å². The van der Waals surface area contributed by atoms with Gasteiger partial charge in [-0.15, -0.1) is 0 Å². The van der Waals surface area contributed by atoms with E-state index < -0.39 is 5.60 Å². The minimum absolute atomic E-state index is 0.285. The molecule has 2 N–H and O–H groups in total. The smallest absolute Gasteiger partial charge is 0.129 e. The number of β-amino-alcohol motifs (C(OH)–C–C–N with tert-alkyl or cyclic N) is 1. The van der Waals surface area contributed by atoms with E-state index in [1.807, 2.05) is 12.3 Å². The number of H-pyrrole nitrogens is 1. The highest BCUT2D eigenvalue weighted by Gasteiger charge is 2.37. The van der Waals surface area contributed by atoms with Crippen molar-refractivity contribution >= 4 is 10.9 Å². The fourth-order valence-corrected chi connectivity index (χ4v) is 3.68. The number of rotatable bonds is 4. The minimum atomic E-state index is -0.398.